The van der Waals surface area contributed by atoms with E-state index in [2.05, 4.69) is 26.3 Å². The summed E-state index contributed by atoms with van der Waals surface area (Å²) in [5.41, 5.74) is 6.09. The number of hydrogen-bond donors (Lipinski definition) is 4. The summed E-state index contributed by atoms with van der Waals surface area (Å²) in [5.74, 6) is 1.05. The first-order chi connectivity index (χ1) is 22.2. The average Bonchev–Trinajstić information content (AvgIpc) is 3.04. The minimum Gasteiger partial charge on any atom is -0.496 e. The summed E-state index contributed by atoms with van der Waals surface area (Å²) < 4.78 is 11.3. The maximum absolute atomic E-state index is 11.1. The number of nitrogens with zero attached hydrogens (tertiary/aromatic N) is 2. The number of ether oxygens (including phenoxy) is 2. The molecule has 4 N–H and O–H groups in total. The van der Waals surface area contributed by atoms with Gasteiger partial charge in [-0.15, -0.1) is 0 Å². The lowest BCUT2D eigenvalue weighted by atomic mass is 9.99. The van der Waals surface area contributed by atoms with Crippen LogP contribution < -0.4 is 30.7 Å². The molecule has 12 heteroatoms. The second-order valence-corrected chi connectivity index (χ2v) is 11.2. The SMILES string of the molecule is COc1cc(-c2nccc(-c3cccc(-c4ccc(CNCCNC(C)=O)c(OC)n4)c3Cl)c2Cl)ccc1CNCCNC(C)=O. The van der Waals surface area contributed by atoms with Crippen molar-refractivity contribution in [1.82, 2.24) is 31.2 Å². The molecule has 0 spiro atoms. The zero-order chi connectivity index (χ0) is 33.1. The van der Waals surface area contributed by atoms with Crippen molar-refractivity contribution in [2.24, 2.45) is 0 Å². The topological polar surface area (TPSA) is 126 Å². The first-order valence-electron chi connectivity index (χ1n) is 14.8. The lowest BCUT2D eigenvalue weighted by molar-refractivity contribution is -0.119. The Hall–Kier alpha value is -4.22. The molecule has 0 aliphatic carbocycles. The van der Waals surface area contributed by atoms with Gasteiger partial charge in [-0.1, -0.05) is 59.6 Å². The highest BCUT2D eigenvalue weighted by Crippen LogP contribution is 2.42. The van der Waals surface area contributed by atoms with E-state index in [1.165, 1.54) is 13.8 Å². The van der Waals surface area contributed by atoms with Crippen LogP contribution in [0.1, 0.15) is 25.0 Å². The molecule has 2 amide bonds. The lowest BCUT2D eigenvalue weighted by Gasteiger charge is -2.15. The molecule has 0 unspecified atom stereocenters. The first kappa shape index (κ1) is 34.6. The van der Waals surface area contributed by atoms with E-state index in [4.69, 9.17) is 37.7 Å². The fraction of sp³-hybridized carbons (Fsp3) is 0.294. The van der Waals surface area contributed by atoms with E-state index in [0.717, 1.165) is 33.4 Å². The Bertz CT molecular complexity index is 1560. The minimum atomic E-state index is -0.0654. The standard InChI is InChI=1S/C34H38Cl2N6O4/c1-21(43)39-16-14-37-19-24-9-8-23(18-30(24)45-3)33-32(36)27(12-13-41-33)26-6-5-7-28(31(26)35)29-11-10-25(34(42-29)46-4)20-38-15-17-40-22(2)44/h5-13,18,37-38H,14-17,19-20H2,1-4H3,(H,39,43)(H,40,44). The van der Waals surface area contributed by atoms with Gasteiger partial charge in [-0.25, -0.2) is 4.98 Å². The molecule has 242 valence electrons. The number of aromatic nitrogens is 2. The summed E-state index contributed by atoms with van der Waals surface area (Å²) >= 11 is 14.0. The normalized spacial score (nSPS) is 10.8. The highest BCUT2D eigenvalue weighted by molar-refractivity contribution is 6.39. The van der Waals surface area contributed by atoms with Crippen LogP contribution in [-0.2, 0) is 22.7 Å². The number of carbonyl (C=O) groups excluding carboxylic acids is 2. The monoisotopic (exact) mass is 664 g/mol. The molecule has 0 saturated carbocycles. The lowest BCUT2D eigenvalue weighted by Crippen LogP contribution is -2.30. The summed E-state index contributed by atoms with van der Waals surface area (Å²) in [6.07, 6.45) is 1.71. The molecule has 2 heterocycles. The molecular formula is C34H38Cl2N6O4. The van der Waals surface area contributed by atoms with Gasteiger partial charge in [0.15, 0.2) is 0 Å². The summed E-state index contributed by atoms with van der Waals surface area (Å²) in [7, 11) is 3.20. The number of pyridine rings is 2. The fourth-order valence-electron chi connectivity index (χ4n) is 4.86. The number of hydrogen-bond acceptors (Lipinski definition) is 8. The van der Waals surface area contributed by atoms with E-state index >= 15 is 0 Å². The molecule has 0 fully saturated rings. The Labute approximate surface area is 279 Å². The van der Waals surface area contributed by atoms with E-state index in [9.17, 15) is 9.59 Å². The zero-order valence-electron chi connectivity index (χ0n) is 26.3. The number of nitrogens with one attached hydrogen (secondary N) is 4. The molecule has 4 aromatic rings. The second-order valence-electron chi connectivity index (χ2n) is 10.4. The van der Waals surface area contributed by atoms with Crippen molar-refractivity contribution in [1.29, 1.82) is 0 Å². The zero-order valence-corrected chi connectivity index (χ0v) is 27.8. The van der Waals surface area contributed by atoms with Crippen LogP contribution in [0.5, 0.6) is 11.6 Å². The Kier molecular flexibility index (Phi) is 12.7. The molecule has 10 nitrogen and oxygen atoms in total. The highest BCUT2D eigenvalue weighted by atomic mass is 35.5. The van der Waals surface area contributed by atoms with Gasteiger partial charge < -0.3 is 30.7 Å². The third-order valence-electron chi connectivity index (χ3n) is 7.13. The van der Waals surface area contributed by atoms with Crippen LogP contribution in [0.25, 0.3) is 33.6 Å². The van der Waals surface area contributed by atoms with Crippen molar-refractivity contribution < 1.29 is 19.1 Å². The van der Waals surface area contributed by atoms with Gasteiger partial charge in [-0.3, -0.25) is 14.6 Å². The van der Waals surface area contributed by atoms with Crippen molar-refractivity contribution in [3.05, 3.63) is 82.0 Å². The largest absolute Gasteiger partial charge is 0.496 e. The summed E-state index contributed by atoms with van der Waals surface area (Å²) in [6.45, 7) is 6.40. The Morgan fingerprint density at radius 2 is 1.37 bits per heavy atom. The molecule has 2 aromatic heterocycles. The molecule has 0 bridgehead atoms. The molecule has 0 aliphatic rings. The van der Waals surface area contributed by atoms with Crippen LogP contribution in [-0.4, -0.2) is 62.2 Å². The van der Waals surface area contributed by atoms with Gasteiger partial charge in [0.25, 0.3) is 0 Å². The highest BCUT2D eigenvalue weighted by Gasteiger charge is 2.18. The Balaban J connectivity index is 1.57. The number of rotatable bonds is 15. The summed E-state index contributed by atoms with van der Waals surface area (Å²) in [4.78, 5) is 31.5. The number of benzene rings is 2. The number of carbonyl (C=O) groups is 2. The van der Waals surface area contributed by atoms with Crippen LogP contribution >= 0.6 is 23.2 Å². The number of methoxy groups -OCH3 is 2. The molecule has 46 heavy (non-hydrogen) atoms. The summed E-state index contributed by atoms with van der Waals surface area (Å²) in [5, 5.41) is 13.1. The van der Waals surface area contributed by atoms with E-state index in [1.807, 2.05) is 54.6 Å². The molecule has 0 radical (unpaired) electrons. The Morgan fingerprint density at radius 1 is 0.739 bits per heavy atom. The maximum atomic E-state index is 11.1. The van der Waals surface area contributed by atoms with Gasteiger partial charge in [0.2, 0.25) is 17.7 Å². The number of amides is 2. The van der Waals surface area contributed by atoms with Crippen molar-refractivity contribution in [2.45, 2.75) is 26.9 Å². The van der Waals surface area contributed by atoms with Gasteiger partial charge in [-0.05, 0) is 18.2 Å². The average molecular weight is 666 g/mol. The van der Waals surface area contributed by atoms with Gasteiger partial charge >= 0.3 is 0 Å². The third-order valence-corrected chi connectivity index (χ3v) is 7.92. The van der Waals surface area contributed by atoms with Gasteiger partial charge in [0.1, 0.15) is 5.75 Å². The smallest absolute Gasteiger partial charge is 0.218 e. The van der Waals surface area contributed by atoms with Crippen molar-refractivity contribution >= 4 is 35.0 Å². The predicted octanol–water partition coefficient (Wildman–Crippen LogP) is 5.25. The molecule has 4 rings (SSSR count). The van der Waals surface area contributed by atoms with Crippen LogP contribution in [0.4, 0.5) is 0 Å². The van der Waals surface area contributed by atoms with Gasteiger partial charge in [0, 0.05) is 92.7 Å². The van der Waals surface area contributed by atoms with Crippen LogP contribution in [0.3, 0.4) is 0 Å². The first-order valence-corrected chi connectivity index (χ1v) is 15.5. The van der Waals surface area contributed by atoms with E-state index in [0.29, 0.717) is 72.3 Å². The van der Waals surface area contributed by atoms with Crippen molar-refractivity contribution in [3.63, 3.8) is 0 Å². The second kappa shape index (κ2) is 16.9. The van der Waals surface area contributed by atoms with Crippen LogP contribution in [0, 0.1) is 0 Å². The molecule has 0 atom stereocenters. The van der Waals surface area contributed by atoms with E-state index in [1.54, 1.807) is 20.4 Å². The molecular weight excluding hydrogens is 627 g/mol. The molecule has 2 aromatic carbocycles. The quantitative estimate of drug-likeness (QED) is 0.127. The minimum absolute atomic E-state index is 0.0596. The molecule has 0 saturated heterocycles. The van der Waals surface area contributed by atoms with Gasteiger partial charge in [-0.2, -0.15) is 0 Å². The third kappa shape index (κ3) is 8.95. The van der Waals surface area contributed by atoms with E-state index < -0.39 is 0 Å². The fourth-order valence-corrected chi connectivity index (χ4v) is 5.51. The summed E-state index contributed by atoms with van der Waals surface area (Å²) in [6, 6.07) is 17.3. The predicted molar refractivity (Wildman–Crippen MR) is 182 cm³/mol. The Morgan fingerprint density at radius 3 is 2.02 bits per heavy atom. The molecule has 0 aliphatic heterocycles. The van der Waals surface area contributed by atoms with Gasteiger partial charge in [0.05, 0.1) is 35.7 Å². The van der Waals surface area contributed by atoms with Crippen LogP contribution in [0.15, 0.2) is 60.8 Å². The van der Waals surface area contributed by atoms with Crippen molar-refractivity contribution in [3.8, 4) is 45.3 Å². The number of halogens is 2. The van der Waals surface area contributed by atoms with E-state index in [-0.39, 0.29) is 11.8 Å². The van der Waals surface area contributed by atoms with Crippen molar-refractivity contribution in [2.75, 3.05) is 40.4 Å². The van der Waals surface area contributed by atoms with Crippen LogP contribution in [0.2, 0.25) is 10.0 Å². The maximum Gasteiger partial charge on any atom is 0.218 e.